The Morgan fingerprint density at radius 1 is 1.08 bits per heavy atom. The van der Waals surface area contributed by atoms with Crippen LogP contribution in [0.15, 0.2) is 36.4 Å². The molecule has 7 heteroatoms. The van der Waals surface area contributed by atoms with Gasteiger partial charge < -0.3 is 9.84 Å². The highest BCUT2D eigenvalue weighted by Gasteiger charge is 2.34. The molecular formula is C17H20N2O5. The van der Waals surface area contributed by atoms with Crippen molar-refractivity contribution in [2.45, 2.75) is 19.8 Å². The molecule has 3 N–H and O–H groups in total. The van der Waals surface area contributed by atoms with Gasteiger partial charge in [0.15, 0.2) is 0 Å². The number of ether oxygens (including phenoxy) is 1. The van der Waals surface area contributed by atoms with Crippen LogP contribution in [0.4, 0.5) is 0 Å². The van der Waals surface area contributed by atoms with Gasteiger partial charge >= 0.3 is 5.97 Å². The Balaban J connectivity index is 1.91. The average Bonchev–Trinajstić information content (AvgIpc) is 2.60. The number of allylic oxidation sites excluding steroid dienone is 2. The van der Waals surface area contributed by atoms with Crippen molar-refractivity contribution in [3.05, 3.63) is 42.0 Å². The Bertz CT molecular complexity index is 639. The van der Waals surface area contributed by atoms with Crippen LogP contribution in [-0.2, 0) is 9.59 Å². The molecular weight excluding hydrogens is 312 g/mol. The van der Waals surface area contributed by atoms with Crippen molar-refractivity contribution < 1.29 is 24.2 Å². The normalized spacial score (nSPS) is 19.4. The summed E-state index contributed by atoms with van der Waals surface area (Å²) in [5.41, 5.74) is 4.98. The van der Waals surface area contributed by atoms with E-state index in [9.17, 15) is 14.4 Å². The maximum atomic E-state index is 12.1. The van der Waals surface area contributed by atoms with E-state index in [1.54, 1.807) is 36.4 Å². The van der Waals surface area contributed by atoms with Crippen LogP contribution in [0.1, 0.15) is 30.1 Å². The van der Waals surface area contributed by atoms with Crippen LogP contribution >= 0.6 is 0 Å². The third-order valence-electron chi connectivity index (χ3n) is 3.81. The SMILES string of the molecule is CCOc1ccc(C(=O)NNC(=O)C2CC=CCC2C(=O)O)cc1. The number of carboxylic acids is 1. The Labute approximate surface area is 139 Å². The zero-order valence-corrected chi connectivity index (χ0v) is 13.3. The molecule has 2 rings (SSSR count). The molecule has 0 aromatic heterocycles. The summed E-state index contributed by atoms with van der Waals surface area (Å²) in [7, 11) is 0. The molecule has 1 aliphatic carbocycles. The van der Waals surface area contributed by atoms with Gasteiger partial charge in [-0.1, -0.05) is 12.2 Å². The number of hydrogen-bond acceptors (Lipinski definition) is 4. The minimum Gasteiger partial charge on any atom is -0.494 e. The van der Waals surface area contributed by atoms with Crippen molar-refractivity contribution in [2.24, 2.45) is 11.8 Å². The highest BCUT2D eigenvalue weighted by atomic mass is 16.5. The highest BCUT2D eigenvalue weighted by Crippen LogP contribution is 2.25. The summed E-state index contributed by atoms with van der Waals surface area (Å²) in [4.78, 5) is 35.4. The first-order valence-electron chi connectivity index (χ1n) is 7.73. The number of nitrogens with one attached hydrogen (secondary N) is 2. The number of hydrazine groups is 1. The molecule has 0 bridgehead atoms. The molecule has 0 radical (unpaired) electrons. The van der Waals surface area contributed by atoms with E-state index in [1.165, 1.54) is 0 Å². The molecule has 0 saturated heterocycles. The molecule has 2 amide bonds. The number of hydrogen-bond donors (Lipinski definition) is 3. The molecule has 0 spiro atoms. The van der Waals surface area contributed by atoms with E-state index in [4.69, 9.17) is 9.84 Å². The lowest BCUT2D eigenvalue weighted by Crippen LogP contribution is -2.47. The van der Waals surface area contributed by atoms with Gasteiger partial charge in [0.1, 0.15) is 5.75 Å². The first-order chi connectivity index (χ1) is 11.5. The first-order valence-corrected chi connectivity index (χ1v) is 7.73. The van der Waals surface area contributed by atoms with Crippen LogP contribution < -0.4 is 15.6 Å². The van der Waals surface area contributed by atoms with E-state index < -0.39 is 29.6 Å². The number of carbonyl (C=O) groups is 3. The smallest absolute Gasteiger partial charge is 0.307 e. The van der Waals surface area contributed by atoms with E-state index in [2.05, 4.69) is 10.9 Å². The molecule has 1 aromatic rings. The van der Waals surface area contributed by atoms with E-state index in [0.29, 0.717) is 30.8 Å². The third-order valence-corrected chi connectivity index (χ3v) is 3.81. The first kappa shape index (κ1) is 17.5. The molecule has 0 heterocycles. The van der Waals surface area contributed by atoms with Crippen molar-refractivity contribution >= 4 is 17.8 Å². The predicted molar refractivity (Wildman–Crippen MR) is 86.2 cm³/mol. The lowest BCUT2D eigenvalue weighted by Gasteiger charge is -2.24. The summed E-state index contributed by atoms with van der Waals surface area (Å²) in [5, 5.41) is 9.17. The van der Waals surface area contributed by atoms with Crippen LogP contribution in [0.25, 0.3) is 0 Å². The lowest BCUT2D eigenvalue weighted by atomic mass is 9.82. The van der Waals surface area contributed by atoms with E-state index >= 15 is 0 Å². The molecule has 1 aliphatic rings. The van der Waals surface area contributed by atoms with Gasteiger partial charge in [-0.15, -0.1) is 0 Å². The summed E-state index contributed by atoms with van der Waals surface area (Å²) in [6, 6.07) is 6.48. The molecule has 0 fully saturated rings. The van der Waals surface area contributed by atoms with Crippen LogP contribution in [0.5, 0.6) is 5.75 Å². The second kappa shape index (κ2) is 8.14. The Morgan fingerprint density at radius 2 is 1.71 bits per heavy atom. The van der Waals surface area contributed by atoms with Crippen molar-refractivity contribution in [1.29, 1.82) is 0 Å². The minimum absolute atomic E-state index is 0.306. The lowest BCUT2D eigenvalue weighted by molar-refractivity contribution is -0.147. The van der Waals surface area contributed by atoms with Crippen LogP contribution in [0, 0.1) is 11.8 Å². The molecule has 2 unspecified atom stereocenters. The molecule has 128 valence electrons. The monoisotopic (exact) mass is 332 g/mol. The van der Waals surface area contributed by atoms with Gasteiger partial charge in [-0.05, 0) is 44.0 Å². The van der Waals surface area contributed by atoms with Crippen molar-refractivity contribution in [1.82, 2.24) is 10.9 Å². The highest BCUT2D eigenvalue weighted by molar-refractivity contribution is 5.96. The number of carboxylic acid groups (broad SMARTS) is 1. The Morgan fingerprint density at radius 3 is 2.29 bits per heavy atom. The molecule has 2 atom stereocenters. The fraction of sp³-hybridized carbons (Fsp3) is 0.353. The van der Waals surface area contributed by atoms with Crippen molar-refractivity contribution in [3.63, 3.8) is 0 Å². The van der Waals surface area contributed by atoms with E-state index in [1.807, 2.05) is 6.92 Å². The van der Waals surface area contributed by atoms with E-state index in [-0.39, 0.29) is 0 Å². The summed E-state index contributed by atoms with van der Waals surface area (Å²) in [6.07, 6.45) is 4.17. The molecule has 0 saturated carbocycles. The zero-order chi connectivity index (χ0) is 17.5. The Hall–Kier alpha value is -2.83. The van der Waals surface area contributed by atoms with E-state index in [0.717, 1.165) is 0 Å². The quantitative estimate of drug-likeness (QED) is 0.560. The van der Waals surface area contributed by atoms with Gasteiger partial charge in [-0.2, -0.15) is 0 Å². The average molecular weight is 332 g/mol. The minimum atomic E-state index is -1.02. The fourth-order valence-electron chi connectivity index (χ4n) is 2.53. The summed E-state index contributed by atoms with van der Waals surface area (Å²) < 4.78 is 5.29. The molecule has 24 heavy (non-hydrogen) atoms. The number of carbonyl (C=O) groups excluding carboxylic acids is 2. The largest absolute Gasteiger partial charge is 0.494 e. The number of amides is 2. The Kier molecular flexibility index (Phi) is 5.95. The van der Waals surface area contributed by atoms with Crippen LogP contribution in [-0.4, -0.2) is 29.5 Å². The van der Waals surface area contributed by atoms with Gasteiger partial charge in [0.2, 0.25) is 5.91 Å². The molecule has 0 aliphatic heterocycles. The van der Waals surface area contributed by atoms with Gasteiger partial charge in [0.05, 0.1) is 18.4 Å². The predicted octanol–water partition coefficient (Wildman–Crippen LogP) is 1.51. The third kappa shape index (κ3) is 4.34. The summed E-state index contributed by atoms with van der Waals surface area (Å²) >= 11 is 0. The molecule has 7 nitrogen and oxygen atoms in total. The van der Waals surface area contributed by atoms with Gasteiger partial charge in [-0.3, -0.25) is 25.2 Å². The summed E-state index contributed by atoms with van der Waals surface area (Å²) in [5.74, 6) is -2.84. The van der Waals surface area contributed by atoms with Crippen molar-refractivity contribution in [3.8, 4) is 5.75 Å². The zero-order valence-electron chi connectivity index (χ0n) is 13.3. The number of aliphatic carboxylic acids is 1. The number of benzene rings is 1. The topological polar surface area (TPSA) is 105 Å². The maximum absolute atomic E-state index is 12.1. The van der Waals surface area contributed by atoms with Crippen LogP contribution in [0.3, 0.4) is 0 Å². The fourth-order valence-corrected chi connectivity index (χ4v) is 2.53. The number of rotatable bonds is 5. The van der Waals surface area contributed by atoms with Crippen molar-refractivity contribution in [2.75, 3.05) is 6.61 Å². The van der Waals surface area contributed by atoms with Gasteiger partial charge in [0, 0.05) is 5.56 Å². The standard InChI is InChI=1S/C17H20N2O5/c1-2-24-12-9-7-11(8-10-12)15(20)18-19-16(21)13-5-3-4-6-14(13)17(22)23/h3-4,7-10,13-14H,2,5-6H2,1H3,(H,18,20)(H,19,21)(H,22,23). The second-order valence-electron chi connectivity index (χ2n) is 5.39. The van der Waals surface area contributed by atoms with Gasteiger partial charge in [0.25, 0.3) is 5.91 Å². The maximum Gasteiger partial charge on any atom is 0.307 e. The molecule has 1 aromatic carbocycles. The second-order valence-corrected chi connectivity index (χ2v) is 5.39. The summed E-state index contributed by atoms with van der Waals surface area (Å²) in [6.45, 7) is 2.39. The van der Waals surface area contributed by atoms with Gasteiger partial charge in [-0.25, -0.2) is 0 Å². The van der Waals surface area contributed by atoms with Crippen LogP contribution in [0.2, 0.25) is 0 Å².